The zero-order chi connectivity index (χ0) is 20.4. The molecule has 2 heterocycles. The normalized spacial score (nSPS) is 15.5. The first-order valence-electron chi connectivity index (χ1n) is 8.62. The molecule has 0 aliphatic carbocycles. The molecule has 0 unspecified atom stereocenters. The molecule has 1 atom stereocenters. The SMILES string of the molecule is COc1cccc([C@H]2C(C#N)=C(N)Oc3cc(C)n(CCO)c(=O)c32)c1OC. The second kappa shape index (κ2) is 7.66. The Morgan fingerprint density at radius 3 is 2.71 bits per heavy atom. The number of hydrogen-bond acceptors (Lipinski definition) is 7. The van der Waals surface area contributed by atoms with E-state index in [1.165, 1.54) is 18.8 Å². The number of ether oxygens (including phenoxy) is 3. The molecule has 0 saturated carbocycles. The van der Waals surface area contributed by atoms with Crippen molar-refractivity contribution in [3.63, 3.8) is 0 Å². The van der Waals surface area contributed by atoms with Gasteiger partial charge in [0.25, 0.3) is 5.56 Å². The summed E-state index contributed by atoms with van der Waals surface area (Å²) in [6, 6.07) is 8.96. The van der Waals surface area contributed by atoms with Crippen LogP contribution in [-0.2, 0) is 6.54 Å². The van der Waals surface area contributed by atoms with Crippen LogP contribution < -0.4 is 25.5 Å². The van der Waals surface area contributed by atoms with E-state index >= 15 is 0 Å². The van der Waals surface area contributed by atoms with Gasteiger partial charge in [0, 0.05) is 23.9 Å². The summed E-state index contributed by atoms with van der Waals surface area (Å²) in [5, 5.41) is 19.1. The molecular weight excluding hydrogens is 362 g/mol. The Morgan fingerprint density at radius 1 is 1.36 bits per heavy atom. The highest BCUT2D eigenvalue weighted by Crippen LogP contribution is 2.46. The van der Waals surface area contributed by atoms with E-state index in [2.05, 4.69) is 6.07 Å². The fourth-order valence-electron chi connectivity index (χ4n) is 3.51. The molecule has 0 fully saturated rings. The number of allylic oxidation sites excluding steroid dienone is 1. The number of benzene rings is 1. The number of hydrogen-bond donors (Lipinski definition) is 2. The Morgan fingerprint density at radius 2 is 2.11 bits per heavy atom. The highest BCUT2D eigenvalue weighted by molar-refractivity contribution is 5.60. The van der Waals surface area contributed by atoms with Crippen molar-refractivity contribution in [3.05, 3.63) is 62.9 Å². The largest absolute Gasteiger partial charge is 0.493 e. The van der Waals surface area contributed by atoms with Crippen LogP contribution in [0.5, 0.6) is 17.2 Å². The lowest BCUT2D eigenvalue weighted by atomic mass is 9.83. The predicted molar refractivity (Wildman–Crippen MR) is 101 cm³/mol. The van der Waals surface area contributed by atoms with E-state index in [1.54, 1.807) is 31.2 Å². The van der Waals surface area contributed by atoms with Crippen molar-refractivity contribution in [1.29, 1.82) is 5.26 Å². The smallest absolute Gasteiger partial charge is 0.258 e. The van der Waals surface area contributed by atoms with E-state index in [-0.39, 0.29) is 41.5 Å². The number of aromatic nitrogens is 1. The van der Waals surface area contributed by atoms with Gasteiger partial charge < -0.3 is 29.6 Å². The first-order chi connectivity index (χ1) is 13.5. The number of fused-ring (bicyclic) bond motifs is 1. The molecule has 0 amide bonds. The molecule has 2 aromatic rings. The molecule has 146 valence electrons. The van der Waals surface area contributed by atoms with E-state index in [1.807, 2.05) is 0 Å². The molecule has 28 heavy (non-hydrogen) atoms. The Kier molecular flexibility index (Phi) is 5.29. The number of para-hydroxylation sites is 1. The third-order valence-corrected chi connectivity index (χ3v) is 4.76. The summed E-state index contributed by atoms with van der Waals surface area (Å²) >= 11 is 0. The van der Waals surface area contributed by atoms with Crippen molar-refractivity contribution >= 4 is 0 Å². The van der Waals surface area contributed by atoms with E-state index in [0.29, 0.717) is 22.8 Å². The number of nitrogens with two attached hydrogens (primary N) is 1. The van der Waals surface area contributed by atoms with Crippen molar-refractivity contribution in [3.8, 4) is 23.3 Å². The molecular formula is C20H21N3O5. The van der Waals surface area contributed by atoms with Gasteiger partial charge in [-0.3, -0.25) is 4.79 Å². The number of aliphatic hydroxyl groups is 1. The minimum atomic E-state index is -0.795. The van der Waals surface area contributed by atoms with Gasteiger partial charge in [-0.2, -0.15) is 5.26 Å². The molecule has 0 spiro atoms. The Hall–Kier alpha value is -3.44. The third kappa shape index (κ3) is 2.96. The molecule has 1 aliphatic heterocycles. The minimum absolute atomic E-state index is 0.0661. The van der Waals surface area contributed by atoms with Crippen molar-refractivity contribution in [2.75, 3.05) is 20.8 Å². The zero-order valence-electron chi connectivity index (χ0n) is 15.9. The zero-order valence-corrected chi connectivity index (χ0v) is 15.9. The number of nitriles is 1. The van der Waals surface area contributed by atoms with Gasteiger partial charge in [0.15, 0.2) is 11.5 Å². The van der Waals surface area contributed by atoms with Gasteiger partial charge in [0.2, 0.25) is 5.88 Å². The van der Waals surface area contributed by atoms with Crippen LogP contribution in [-0.4, -0.2) is 30.5 Å². The Balaban J connectivity index is 2.38. The lowest BCUT2D eigenvalue weighted by molar-refractivity contribution is 0.272. The van der Waals surface area contributed by atoms with Crippen molar-refractivity contribution < 1.29 is 19.3 Å². The molecule has 8 heteroatoms. The molecule has 1 aliphatic rings. The van der Waals surface area contributed by atoms with Gasteiger partial charge in [0.1, 0.15) is 17.4 Å². The number of nitrogens with zero attached hydrogens (tertiary/aromatic N) is 2. The first-order valence-corrected chi connectivity index (χ1v) is 8.62. The number of rotatable bonds is 5. The number of pyridine rings is 1. The van der Waals surface area contributed by atoms with Crippen molar-refractivity contribution in [1.82, 2.24) is 4.57 Å². The van der Waals surface area contributed by atoms with Crippen molar-refractivity contribution in [2.24, 2.45) is 5.73 Å². The van der Waals surface area contributed by atoms with Gasteiger partial charge in [0.05, 0.1) is 32.3 Å². The Bertz CT molecular complexity index is 1050. The molecule has 3 rings (SSSR count). The van der Waals surface area contributed by atoms with Crippen LogP contribution in [0.2, 0.25) is 0 Å². The maximum Gasteiger partial charge on any atom is 0.258 e. The van der Waals surface area contributed by atoms with Crippen LogP contribution in [0.25, 0.3) is 0 Å². The highest BCUT2D eigenvalue weighted by Gasteiger charge is 2.36. The summed E-state index contributed by atoms with van der Waals surface area (Å²) in [5.41, 5.74) is 7.18. The number of aryl methyl sites for hydroxylation is 1. The average molecular weight is 383 g/mol. The molecule has 1 aromatic heterocycles. The van der Waals surface area contributed by atoms with E-state index in [0.717, 1.165) is 0 Å². The van der Waals surface area contributed by atoms with Gasteiger partial charge in [-0.25, -0.2) is 0 Å². The minimum Gasteiger partial charge on any atom is -0.493 e. The van der Waals surface area contributed by atoms with Crippen LogP contribution in [0.3, 0.4) is 0 Å². The summed E-state index contributed by atoms with van der Waals surface area (Å²) in [7, 11) is 2.99. The maximum absolute atomic E-state index is 13.3. The second-order valence-electron chi connectivity index (χ2n) is 6.25. The highest BCUT2D eigenvalue weighted by atomic mass is 16.5. The van der Waals surface area contributed by atoms with E-state index in [4.69, 9.17) is 19.9 Å². The summed E-state index contributed by atoms with van der Waals surface area (Å²) < 4.78 is 17.9. The first kappa shape index (κ1) is 19.3. The lowest BCUT2D eigenvalue weighted by Crippen LogP contribution is -2.33. The van der Waals surface area contributed by atoms with Crippen LogP contribution in [0.1, 0.15) is 22.7 Å². The fraction of sp³-hybridized carbons (Fsp3) is 0.300. The van der Waals surface area contributed by atoms with Gasteiger partial charge in [-0.1, -0.05) is 12.1 Å². The van der Waals surface area contributed by atoms with Crippen LogP contribution in [0, 0.1) is 18.3 Å². The maximum atomic E-state index is 13.3. The fourth-order valence-corrected chi connectivity index (χ4v) is 3.51. The monoisotopic (exact) mass is 383 g/mol. The molecule has 0 radical (unpaired) electrons. The molecule has 3 N–H and O–H groups in total. The quantitative estimate of drug-likeness (QED) is 0.800. The summed E-state index contributed by atoms with van der Waals surface area (Å²) in [6.45, 7) is 1.67. The van der Waals surface area contributed by atoms with Crippen LogP contribution in [0.15, 0.2) is 40.5 Å². The summed E-state index contributed by atoms with van der Waals surface area (Å²) in [5.74, 6) is 0.285. The average Bonchev–Trinajstić information content (AvgIpc) is 2.69. The van der Waals surface area contributed by atoms with E-state index in [9.17, 15) is 15.2 Å². The van der Waals surface area contributed by atoms with Crippen LogP contribution in [0.4, 0.5) is 0 Å². The number of methoxy groups -OCH3 is 2. The standard InChI is InChI=1S/C20H21N3O5/c1-11-9-15-17(20(25)23(11)7-8-24)16(13(10-21)19(22)28-15)12-5-4-6-14(26-2)18(12)27-3/h4-6,9,16,24H,7-8,22H2,1-3H3/t16-/m0/s1. The second-order valence-corrected chi connectivity index (χ2v) is 6.25. The van der Waals surface area contributed by atoms with E-state index < -0.39 is 5.92 Å². The van der Waals surface area contributed by atoms with Crippen LogP contribution >= 0.6 is 0 Å². The summed E-state index contributed by atoms with van der Waals surface area (Å²) in [6.07, 6.45) is 0. The van der Waals surface area contributed by atoms with Gasteiger partial charge >= 0.3 is 0 Å². The summed E-state index contributed by atoms with van der Waals surface area (Å²) in [4.78, 5) is 13.3. The van der Waals surface area contributed by atoms with Gasteiger partial charge in [-0.15, -0.1) is 0 Å². The Labute approximate surface area is 162 Å². The number of aliphatic hydroxyl groups excluding tert-OH is 1. The van der Waals surface area contributed by atoms with Crippen molar-refractivity contribution in [2.45, 2.75) is 19.4 Å². The topological polar surface area (TPSA) is 120 Å². The molecule has 8 nitrogen and oxygen atoms in total. The predicted octanol–water partition coefficient (Wildman–Crippen LogP) is 1.38. The molecule has 0 saturated heterocycles. The molecule has 0 bridgehead atoms. The van der Waals surface area contributed by atoms with Gasteiger partial charge in [-0.05, 0) is 13.0 Å². The lowest BCUT2D eigenvalue weighted by Gasteiger charge is -2.28. The third-order valence-electron chi connectivity index (χ3n) is 4.76. The molecule has 1 aromatic carbocycles.